The molecule has 1 heterocycles. The number of nitrogens with zero attached hydrogens (tertiary/aromatic N) is 1. The molecule has 0 saturated carbocycles. The first kappa shape index (κ1) is 14.1. The van der Waals surface area contributed by atoms with Crippen LogP contribution >= 0.6 is 0 Å². The van der Waals surface area contributed by atoms with Crippen LogP contribution in [0.25, 0.3) is 6.08 Å². The maximum absolute atomic E-state index is 3.80. The largest absolute Gasteiger partial charge is 0.285 e. The van der Waals surface area contributed by atoms with E-state index in [1.807, 2.05) is 6.08 Å². The van der Waals surface area contributed by atoms with Crippen molar-refractivity contribution in [3.63, 3.8) is 0 Å². The molecule has 0 atom stereocenters. The molecule has 1 aromatic rings. The van der Waals surface area contributed by atoms with Gasteiger partial charge in [-0.2, -0.15) is 0 Å². The van der Waals surface area contributed by atoms with Gasteiger partial charge in [0.25, 0.3) is 0 Å². The Labute approximate surface area is 117 Å². The van der Waals surface area contributed by atoms with Gasteiger partial charge in [0.15, 0.2) is 0 Å². The van der Waals surface area contributed by atoms with Gasteiger partial charge in [0.05, 0.1) is 0 Å². The Morgan fingerprint density at radius 2 is 1.79 bits per heavy atom. The molecule has 1 aromatic carbocycles. The second-order valence-corrected chi connectivity index (χ2v) is 6.60. The average molecular weight is 255 g/mol. The zero-order valence-corrected chi connectivity index (χ0v) is 12.6. The topological polar surface area (TPSA) is 3.24 Å². The fourth-order valence-electron chi connectivity index (χ4n) is 2.98. The third-order valence-corrected chi connectivity index (χ3v) is 4.13. The van der Waals surface area contributed by atoms with Crippen molar-refractivity contribution in [2.75, 3.05) is 0 Å². The molecule has 19 heavy (non-hydrogen) atoms. The summed E-state index contributed by atoms with van der Waals surface area (Å²) in [5.74, 6) is 0. The third-order valence-electron chi connectivity index (χ3n) is 4.13. The fourth-order valence-corrected chi connectivity index (χ4v) is 2.98. The average Bonchev–Trinajstić information content (AvgIpc) is 2.34. The summed E-state index contributed by atoms with van der Waals surface area (Å²) >= 11 is 0. The van der Waals surface area contributed by atoms with Gasteiger partial charge >= 0.3 is 0 Å². The fraction of sp³-hybridized carbons (Fsp3) is 0.444. The predicted molar refractivity (Wildman–Crippen MR) is 84.0 cm³/mol. The molecule has 0 spiro atoms. The summed E-state index contributed by atoms with van der Waals surface area (Å²) in [7, 11) is 0. The van der Waals surface area contributed by atoms with E-state index in [0.717, 1.165) is 13.0 Å². The van der Waals surface area contributed by atoms with Gasteiger partial charge in [-0.1, -0.05) is 49.1 Å². The number of rotatable bonds is 3. The number of hydrogen-bond acceptors (Lipinski definition) is 1. The van der Waals surface area contributed by atoms with Crippen LogP contribution in [0.4, 0.5) is 0 Å². The van der Waals surface area contributed by atoms with E-state index in [2.05, 4.69) is 75.6 Å². The lowest BCUT2D eigenvalue weighted by Crippen LogP contribution is -2.55. The van der Waals surface area contributed by atoms with E-state index in [9.17, 15) is 0 Å². The van der Waals surface area contributed by atoms with Gasteiger partial charge in [0, 0.05) is 17.6 Å². The molecule has 1 aliphatic rings. The van der Waals surface area contributed by atoms with Crippen LogP contribution in [-0.2, 0) is 6.54 Å². The molecule has 0 fully saturated rings. The molecular weight excluding hydrogens is 230 g/mol. The van der Waals surface area contributed by atoms with Crippen LogP contribution in [0.3, 0.4) is 0 Å². The maximum Gasteiger partial charge on any atom is 0.0343 e. The second kappa shape index (κ2) is 4.97. The van der Waals surface area contributed by atoms with Gasteiger partial charge < -0.3 is 0 Å². The van der Waals surface area contributed by atoms with Gasteiger partial charge in [-0.15, -0.1) is 0 Å². The summed E-state index contributed by atoms with van der Waals surface area (Å²) in [5, 5.41) is 0. The molecule has 0 unspecified atom stereocenters. The summed E-state index contributed by atoms with van der Waals surface area (Å²) in [5.41, 5.74) is 2.86. The van der Waals surface area contributed by atoms with Crippen LogP contribution < -0.4 is 0 Å². The van der Waals surface area contributed by atoms with Gasteiger partial charge in [0.2, 0.25) is 0 Å². The Morgan fingerprint density at radius 3 is 2.32 bits per heavy atom. The highest BCUT2D eigenvalue weighted by atomic mass is 15.2. The Morgan fingerprint density at radius 1 is 1.16 bits per heavy atom. The zero-order valence-electron chi connectivity index (χ0n) is 12.6. The Bertz CT molecular complexity index is 477. The van der Waals surface area contributed by atoms with Crippen molar-refractivity contribution in [1.82, 2.24) is 4.90 Å². The SMILES string of the molecule is C=Cc1ccc(CN2C(C)(C)C=CCC2(C)C)cc1. The molecule has 0 aromatic heterocycles. The minimum atomic E-state index is 0.110. The smallest absolute Gasteiger partial charge is 0.0343 e. The maximum atomic E-state index is 3.80. The molecule has 2 rings (SSSR count). The monoisotopic (exact) mass is 255 g/mol. The van der Waals surface area contributed by atoms with Crippen LogP contribution in [-0.4, -0.2) is 16.0 Å². The number of benzene rings is 1. The molecular formula is C18H25N. The van der Waals surface area contributed by atoms with E-state index in [4.69, 9.17) is 0 Å². The van der Waals surface area contributed by atoms with Crippen LogP contribution in [0.2, 0.25) is 0 Å². The Hall–Kier alpha value is -1.34. The minimum Gasteiger partial charge on any atom is -0.285 e. The van der Waals surface area contributed by atoms with E-state index < -0.39 is 0 Å². The van der Waals surface area contributed by atoms with E-state index in [1.54, 1.807) is 0 Å². The van der Waals surface area contributed by atoms with E-state index >= 15 is 0 Å². The van der Waals surface area contributed by atoms with Gasteiger partial charge in [-0.05, 0) is 45.2 Å². The minimum absolute atomic E-state index is 0.110. The molecule has 1 aliphatic heterocycles. The first-order chi connectivity index (χ1) is 8.85. The van der Waals surface area contributed by atoms with E-state index in [1.165, 1.54) is 11.1 Å². The number of hydrogen-bond donors (Lipinski definition) is 0. The predicted octanol–water partition coefficient (Wildman–Crippen LogP) is 4.65. The second-order valence-electron chi connectivity index (χ2n) is 6.60. The third kappa shape index (κ3) is 2.98. The molecule has 0 saturated heterocycles. The highest BCUT2D eigenvalue weighted by molar-refractivity contribution is 5.47. The van der Waals surface area contributed by atoms with Gasteiger partial charge in [-0.3, -0.25) is 4.90 Å². The highest BCUT2D eigenvalue weighted by Crippen LogP contribution is 2.35. The summed E-state index contributed by atoms with van der Waals surface area (Å²) in [6.45, 7) is 14.0. The van der Waals surface area contributed by atoms with E-state index in [0.29, 0.717) is 0 Å². The molecule has 0 amide bonds. The first-order valence-electron chi connectivity index (χ1n) is 7.02. The first-order valence-corrected chi connectivity index (χ1v) is 7.02. The molecule has 1 nitrogen and oxygen atoms in total. The standard InChI is InChI=1S/C18H25N/c1-6-15-8-10-16(11-9-15)14-19-17(2,3)12-7-13-18(19,4)5/h6-12H,1,13-14H2,2-5H3. The molecule has 1 heteroatoms. The summed E-state index contributed by atoms with van der Waals surface area (Å²) in [6, 6.07) is 8.70. The van der Waals surface area contributed by atoms with Crippen LogP contribution in [0.5, 0.6) is 0 Å². The van der Waals surface area contributed by atoms with E-state index in [-0.39, 0.29) is 11.1 Å². The normalized spacial score (nSPS) is 21.3. The van der Waals surface area contributed by atoms with Crippen molar-refractivity contribution >= 4 is 6.08 Å². The molecule has 0 bridgehead atoms. The van der Waals surface area contributed by atoms with Gasteiger partial charge in [0.1, 0.15) is 0 Å². The van der Waals surface area contributed by atoms with Crippen molar-refractivity contribution in [2.24, 2.45) is 0 Å². The summed E-state index contributed by atoms with van der Waals surface area (Å²) in [6.07, 6.45) is 7.65. The van der Waals surface area contributed by atoms with Crippen molar-refractivity contribution in [3.8, 4) is 0 Å². The highest BCUT2D eigenvalue weighted by Gasteiger charge is 2.38. The Kier molecular flexibility index (Phi) is 3.69. The van der Waals surface area contributed by atoms with Crippen molar-refractivity contribution in [3.05, 3.63) is 54.1 Å². The molecule has 0 N–H and O–H groups in total. The lowest BCUT2D eigenvalue weighted by molar-refractivity contribution is 0.0269. The molecule has 0 aliphatic carbocycles. The summed E-state index contributed by atoms with van der Waals surface area (Å²) < 4.78 is 0. The van der Waals surface area contributed by atoms with Crippen molar-refractivity contribution in [1.29, 1.82) is 0 Å². The lowest BCUT2D eigenvalue weighted by atomic mass is 9.84. The van der Waals surface area contributed by atoms with Gasteiger partial charge in [-0.25, -0.2) is 0 Å². The van der Waals surface area contributed by atoms with Crippen LogP contribution in [0, 0.1) is 0 Å². The summed E-state index contributed by atoms with van der Waals surface area (Å²) in [4.78, 5) is 2.59. The van der Waals surface area contributed by atoms with Crippen molar-refractivity contribution in [2.45, 2.75) is 51.7 Å². The molecule has 0 radical (unpaired) electrons. The van der Waals surface area contributed by atoms with Crippen molar-refractivity contribution < 1.29 is 0 Å². The van der Waals surface area contributed by atoms with Crippen LogP contribution in [0.15, 0.2) is 43.0 Å². The molecule has 102 valence electrons. The Balaban J connectivity index is 2.24. The zero-order chi connectivity index (χ0) is 14.1. The van der Waals surface area contributed by atoms with Crippen LogP contribution in [0.1, 0.15) is 45.2 Å². The lowest BCUT2D eigenvalue weighted by Gasteiger charge is -2.50. The quantitative estimate of drug-likeness (QED) is 0.711.